The molecule has 0 unspecified atom stereocenters. The minimum atomic E-state index is 0.519. The van der Waals surface area contributed by atoms with E-state index < -0.39 is 0 Å². The van der Waals surface area contributed by atoms with Crippen molar-refractivity contribution in [3.63, 3.8) is 0 Å². The molecule has 0 aliphatic carbocycles. The maximum Gasteiger partial charge on any atom is 0.0258 e. The average Bonchev–Trinajstić information content (AvgIpc) is 2.69. The van der Waals surface area contributed by atoms with Gasteiger partial charge < -0.3 is 0 Å². The minimum absolute atomic E-state index is 0.519. The average molecular weight is 471 g/mol. The van der Waals surface area contributed by atoms with Crippen molar-refractivity contribution in [3.05, 3.63) is 57.6 Å². The van der Waals surface area contributed by atoms with Gasteiger partial charge in [-0.3, -0.25) is 0 Å². The van der Waals surface area contributed by atoms with Crippen LogP contribution in [0.3, 0.4) is 0 Å². The molecular formula is C30H46S2. The van der Waals surface area contributed by atoms with Crippen LogP contribution in [0.1, 0.15) is 152 Å². The first kappa shape index (κ1) is 27.4. The van der Waals surface area contributed by atoms with E-state index >= 15 is 0 Å². The van der Waals surface area contributed by atoms with E-state index in [1.54, 1.807) is 11.1 Å². The van der Waals surface area contributed by atoms with Crippen molar-refractivity contribution in [1.82, 2.24) is 0 Å². The quantitative estimate of drug-likeness (QED) is 0.334. The molecule has 0 saturated carbocycles. The van der Waals surface area contributed by atoms with Gasteiger partial charge in [-0.05, 0) is 68.9 Å². The molecule has 0 saturated heterocycles. The van der Waals surface area contributed by atoms with E-state index in [1.807, 2.05) is 21.6 Å². The van der Waals surface area contributed by atoms with E-state index in [0.717, 1.165) is 0 Å². The summed E-state index contributed by atoms with van der Waals surface area (Å²) in [6, 6.07) is 9.57. The molecule has 0 radical (unpaired) electrons. The second kappa shape index (κ2) is 11.5. The maximum absolute atomic E-state index is 2.39. The zero-order valence-electron chi connectivity index (χ0n) is 22.6. The Hall–Kier alpha value is -0.860. The van der Waals surface area contributed by atoms with Gasteiger partial charge in [0, 0.05) is 9.79 Å². The summed E-state index contributed by atoms with van der Waals surface area (Å²) < 4.78 is 0. The van der Waals surface area contributed by atoms with Gasteiger partial charge in [-0.2, -0.15) is 0 Å². The Bertz CT molecular complexity index is 826. The van der Waals surface area contributed by atoms with Crippen LogP contribution in [0.25, 0.3) is 0 Å². The summed E-state index contributed by atoms with van der Waals surface area (Å²) in [5, 5.41) is 0. The molecule has 0 bridgehead atoms. The molecule has 0 spiro atoms. The highest BCUT2D eigenvalue weighted by Crippen LogP contribution is 2.51. The molecule has 0 fully saturated rings. The van der Waals surface area contributed by atoms with Gasteiger partial charge >= 0.3 is 0 Å². The molecule has 0 nitrogen and oxygen atoms in total. The van der Waals surface area contributed by atoms with Crippen LogP contribution in [-0.2, 0) is 0 Å². The van der Waals surface area contributed by atoms with Gasteiger partial charge in [0.2, 0.25) is 0 Å². The molecule has 0 atom stereocenters. The molecule has 0 aliphatic rings. The predicted octanol–water partition coefficient (Wildman–Crippen LogP) is 11.2. The van der Waals surface area contributed by atoms with Crippen LogP contribution in [0.15, 0.2) is 34.1 Å². The summed E-state index contributed by atoms with van der Waals surface area (Å²) >= 11 is 0. The lowest BCUT2D eigenvalue weighted by atomic mass is 9.87. The van der Waals surface area contributed by atoms with E-state index in [9.17, 15) is 0 Å². The SMILES string of the molecule is CC(C)c1ccc(C(C)C)c(C(C)C)c1SSc1c(C(C)C)ccc(C(C)C)c1C(C)C. The summed E-state index contributed by atoms with van der Waals surface area (Å²) in [5.41, 5.74) is 9.12. The summed E-state index contributed by atoms with van der Waals surface area (Å²) in [5.74, 6) is 3.16. The van der Waals surface area contributed by atoms with Gasteiger partial charge in [0.1, 0.15) is 0 Å². The molecule has 0 heterocycles. The topological polar surface area (TPSA) is 0 Å². The third kappa shape index (κ3) is 5.98. The number of hydrogen-bond donors (Lipinski definition) is 0. The third-order valence-electron chi connectivity index (χ3n) is 6.37. The van der Waals surface area contributed by atoms with Crippen LogP contribution in [0.5, 0.6) is 0 Å². The molecular weight excluding hydrogens is 424 g/mol. The van der Waals surface area contributed by atoms with Crippen LogP contribution in [0, 0.1) is 0 Å². The van der Waals surface area contributed by atoms with Crippen molar-refractivity contribution in [2.75, 3.05) is 0 Å². The first-order valence-electron chi connectivity index (χ1n) is 12.6. The normalized spacial score (nSPS) is 12.4. The highest BCUT2D eigenvalue weighted by Gasteiger charge is 2.24. The van der Waals surface area contributed by atoms with Crippen LogP contribution in [0.2, 0.25) is 0 Å². The van der Waals surface area contributed by atoms with Gasteiger partial charge in [0.05, 0.1) is 0 Å². The van der Waals surface area contributed by atoms with Crippen LogP contribution >= 0.6 is 21.6 Å². The van der Waals surface area contributed by atoms with Crippen molar-refractivity contribution in [3.8, 4) is 0 Å². The van der Waals surface area contributed by atoms with E-state index in [4.69, 9.17) is 0 Å². The summed E-state index contributed by atoms with van der Waals surface area (Å²) in [4.78, 5) is 3.01. The Morgan fingerprint density at radius 1 is 0.375 bits per heavy atom. The van der Waals surface area contributed by atoms with Crippen LogP contribution < -0.4 is 0 Å². The second-order valence-corrected chi connectivity index (χ2v) is 13.2. The Balaban J connectivity index is 2.70. The molecule has 2 aromatic rings. The molecule has 0 amide bonds. The first-order chi connectivity index (χ1) is 14.9. The van der Waals surface area contributed by atoms with Crippen molar-refractivity contribution in [1.29, 1.82) is 0 Å². The highest BCUT2D eigenvalue weighted by molar-refractivity contribution is 8.76. The van der Waals surface area contributed by atoms with Gasteiger partial charge in [-0.1, -0.05) is 129 Å². The molecule has 2 heteroatoms. The highest BCUT2D eigenvalue weighted by atomic mass is 33.1. The van der Waals surface area contributed by atoms with Crippen molar-refractivity contribution in [2.24, 2.45) is 0 Å². The van der Waals surface area contributed by atoms with E-state index in [-0.39, 0.29) is 0 Å². The maximum atomic E-state index is 2.39. The lowest BCUT2D eigenvalue weighted by Crippen LogP contribution is -2.06. The van der Waals surface area contributed by atoms with Gasteiger partial charge in [-0.15, -0.1) is 0 Å². The molecule has 178 valence electrons. The van der Waals surface area contributed by atoms with Gasteiger partial charge in [0.15, 0.2) is 0 Å². The molecule has 32 heavy (non-hydrogen) atoms. The van der Waals surface area contributed by atoms with Crippen molar-refractivity contribution >= 4 is 21.6 Å². The molecule has 0 aromatic heterocycles. The third-order valence-corrected chi connectivity index (χ3v) is 8.95. The fourth-order valence-corrected chi connectivity index (χ4v) is 8.11. The minimum Gasteiger partial charge on any atom is -0.0587 e. The van der Waals surface area contributed by atoms with E-state index in [0.29, 0.717) is 35.5 Å². The van der Waals surface area contributed by atoms with Gasteiger partial charge in [0.25, 0.3) is 0 Å². The summed E-state index contributed by atoms with van der Waals surface area (Å²) in [7, 11) is 4.03. The smallest absolute Gasteiger partial charge is 0.0258 e. The number of hydrogen-bond acceptors (Lipinski definition) is 2. The second-order valence-electron chi connectivity index (χ2n) is 11.1. The first-order valence-corrected chi connectivity index (χ1v) is 14.7. The fourth-order valence-electron chi connectivity index (χ4n) is 4.64. The van der Waals surface area contributed by atoms with Gasteiger partial charge in [-0.25, -0.2) is 0 Å². The van der Waals surface area contributed by atoms with E-state index in [1.165, 1.54) is 32.0 Å². The lowest BCUT2D eigenvalue weighted by molar-refractivity contribution is 0.748. The molecule has 2 rings (SSSR count). The number of rotatable bonds is 9. The Morgan fingerprint density at radius 3 is 0.844 bits per heavy atom. The zero-order valence-corrected chi connectivity index (χ0v) is 24.2. The predicted molar refractivity (Wildman–Crippen MR) is 149 cm³/mol. The summed E-state index contributed by atoms with van der Waals surface area (Å²) in [6.45, 7) is 28.1. The zero-order chi connectivity index (χ0) is 24.3. The Labute approximate surface area is 207 Å². The lowest BCUT2D eigenvalue weighted by Gasteiger charge is -2.26. The van der Waals surface area contributed by atoms with E-state index in [2.05, 4.69) is 107 Å². The van der Waals surface area contributed by atoms with Crippen molar-refractivity contribution in [2.45, 2.75) is 128 Å². The molecule has 0 N–H and O–H groups in total. The Morgan fingerprint density at radius 2 is 0.625 bits per heavy atom. The van der Waals surface area contributed by atoms with Crippen LogP contribution in [-0.4, -0.2) is 0 Å². The van der Waals surface area contributed by atoms with Crippen molar-refractivity contribution < 1.29 is 0 Å². The number of benzene rings is 2. The largest absolute Gasteiger partial charge is 0.0587 e. The molecule has 0 aliphatic heterocycles. The summed E-state index contributed by atoms with van der Waals surface area (Å²) in [6.07, 6.45) is 0. The Kier molecular flexibility index (Phi) is 9.86. The standard InChI is InChI=1S/C30H46S2/c1-17(2)23-13-15-25(19(5)6)29(27(23)21(9)10)31-32-30-26(20(7)8)16-14-24(18(3)4)28(30)22(11)12/h13-22H,1-12H3. The monoisotopic (exact) mass is 470 g/mol. The van der Waals surface area contributed by atoms with Crippen LogP contribution in [0.4, 0.5) is 0 Å². The molecule has 2 aromatic carbocycles. The fraction of sp³-hybridized carbons (Fsp3) is 0.600.